The number of rotatable bonds is 4. The molecule has 18 heavy (non-hydrogen) atoms. The van der Waals surface area contributed by atoms with E-state index in [9.17, 15) is 0 Å². The van der Waals surface area contributed by atoms with Gasteiger partial charge in [0, 0.05) is 6.04 Å². The molecule has 1 unspecified atom stereocenters. The van der Waals surface area contributed by atoms with Crippen molar-refractivity contribution in [3.8, 4) is 0 Å². The zero-order valence-corrected chi connectivity index (χ0v) is 11.9. The first-order valence-corrected chi connectivity index (χ1v) is 7.61. The SMILES string of the molecule is CCNC(c1ccc(C)cc1)C1CCCCCC1. The second-order valence-electron chi connectivity index (χ2n) is 5.70. The van der Waals surface area contributed by atoms with Crippen LogP contribution < -0.4 is 5.32 Å². The molecule has 1 aromatic rings. The molecule has 1 nitrogen and oxygen atoms in total. The predicted octanol–water partition coefficient (Wildman–Crippen LogP) is 4.62. The molecule has 1 heteroatoms. The molecule has 1 aromatic carbocycles. The first kappa shape index (κ1) is 13.6. The van der Waals surface area contributed by atoms with Gasteiger partial charge in [-0.2, -0.15) is 0 Å². The lowest BCUT2D eigenvalue weighted by Gasteiger charge is -2.27. The van der Waals surface area contributed by atoms with Crippen LogP contribution in [0.2, 0.25) is 0 Å². The molecule has 100 valence electrons. The van der Waals surface area contributed by atoms with Crippen LogP contribution in [0.25, 0.3) is 0 Å². The van der Waals surface area contributed by atoms with Gasteiger partial charge in [-0.15, -0.1) is 0 Å². The van der Waals surface area contributed by atoms with Crippen LogP contribution in [0.1, 0.15) is 62.6 Å². The molecule has 1 aliphatic rings. The highest BCUT2D eigenvalue weighted by molar-refractivity contribution is 5.24. The molecule has 1 saturated carbocycles. The number of benzene rings is 1. The molecule has 1 N–H and O–H groups in total. The summed E-state index contributed by atoms with van der Waals surface area (Å²) in [6, 6.07) is 9.68. The van der Waals surface area contributed by atoms with Gasteiger partial charge in [-0.05, 0) is 37.8 Å². The van der Waals surface area contributed by atoms with Crippen molar-refractivity contribution >= 4 is 0 Å². The Hall–Kier alpha value is -0.820. The fraction of sp³-hybridized carbons (Fsp3) is 0.647. The summed E-state index contributed by atoms with van der Waals surface area (Å²) < 4.78 is 0. The van der Waals surface area contributed by atoms with E-state index in [2.05, 4.69) is 43.4 Å². The number of hydrogen-bond donors (Lipinski definition) is 1. The smallest absolute Gasteiger partial charge is 0.0348 e. The number of nitrogens with one attached hydrogen (secondary N) is 1. The Balaban J connectivity index is 2.12. The first-order valence-electron chi connectivity index (χ1n) is 7.61. The van der Waals surface area contributed by atoms with Gasteiger partial charge in [-0.3, -0.25) is 0 Å². The van der Waals surface area contributed by atoms with Crippen LogP contribution in [0.3, 0.4) is 0 Å². The van der Waals surface area contributed by atoms with E-state index in [-0.39, 0.29) is 0 Å². The van der Waals surface area contributed by atoms with Crippen molar-refractivity contribution in [2.75, 3.05) is 6.54 Å². The second kappa shape index (κ2) is 6.94. The summed E-state index contributed by atoms with van der Waals surface area (Å²) in [5.41, 5.74) is 2.84. The molecule has 0 bridgehead atoms. The summed E-state index contributed by atoms with van der Waals surface area (Å²) in [6.07, 6.45) is 8.49. The van der Waals surface area contributed by atoms with Crippen molar-refractivity contribution in [2.24, 2.45) is 5.92 Å². The zero-order chi connectivity index (χ0) is 12.8. The number of hydrogen-bond acceptors (Lipinski definition) is 1. The van der Waals surface area contributed by atoms with Crippen LogP contribution in [0.15, 0.2) is 24.3 Å². The van der Waals surface area contributed by atoms with E-state index in [1.807, 2.05) is 0 Å². The Bertz CT molecular complexity index is 333. The third-order valence-corrected chi connectivity index (χ3v) is 4.23. The Morgan fingerprint density at radius 3 is 2.22 bits per heavy atom. The molecule has 1 atom stereocenters. The minimum Gasteiger partial charge on any atom is -0.310 e. The van der Waals surface area contributed by atoms with Crippen LogP contribution in [0.4, 0.5) is 0 Å². The Morgan fingerprint density at radius 2 is 1.67 bits per heavy atom. The van der Waals surface area contributed by atoms with E-state index < -0.39 is 0 Å². The average Bonchev–Trinajstić information content (AvgIpc) is 2.66. The third-order valence-electron chi connectivity index (χ3n) is 4.23. The molecular weight excluding hydrogens is 218 g/mol. The molecule has 0 aliphatic heterocycles. The average molecular weight is 245 g/mol. The van der Waals surface area contributed by atoms with Gasteiger partial charge in [-0.25, -0.2) is 0 Å². The lowest BCUT2D eigenvalue weighted by Crippen LogP contribution is -2.28. The topological polar surface area (TPSA) is 12.0 Å². The summed E-state index contributed by atoms with van der Waals surface area (Å²) in [5, 5.41) is 3.72. The van der Waals surface area contributed by atoms with E-state index in [0.717, 1.165) is 12.5 Å². The normalized spacial score (nSPS) is 19.4. The molecule has 0 saturated heterocycles. The molecule has 1 fully saturated rings. The Labute approximate surface area is 112 Å². The predicted molar refractivity (Wildman–Crippen MR) is 78.8 cm³/mol. The van der Waals surface area contributed by atoms with Gasteiger partial charge in [0.15, 0.2) is 0 Å². The highest BCUT2D eigenvalue weighted by atomic mass is 14.9. The minimum atomic E-state index is 0.564. The van der Waals surface area contributed by atoms with Crippen LogP contribution in [0, 0.1) is 12.8 Å². The van der Waals surface area contributed by atoms with Crippen LogP contribution >= 0.6 is 0 Å². The second-order valence-corrected chi connectivity index (χ2v) is 5.70. The highest BCUT2D eigenvalue weighted by Crippen LogP contribution is 2.33. The Morgan fingerprint density at radius 1 is 1.06 bits per heavy atom. The van der Waals surface area contributed by atoms with Gasteiger partial charge in [0.1, 0.15) is 0 Å². The molecule has 0 heterocycles. The molecule has 1 aliphatic carbocycles. The largest absolute Gasteiger partial charge is 0.310 e. The Kier molecular flexibility index (Phi) is 5.25. The summed E-state index contributed by atoms with van der Waals surface area (Å²) in [6.45, 7) is 5.45. The van der Waals surface area contributed by atoms with Crippen molar-refractivity contribution in [1.82, 2.24) is 5.32 Å². The van der Waals surface area contributed by atoms with Crippen molar-refractivity contribution < 1.29 is 0 Å². The van der Waals surface area contributed by atoms with Gasteiger partial charge in [-0.1, -0.05) is 62.4 Å². The quantitative estimate of drug-likeness (QED) is 0.763. The minimum absolute atomic E-state index is 0.564. The first-order chi connectivity index (χ1) is 8.81. The van der Waals surface area contributed by atoms with E-state index in [1.165, 1.54) is 49.7 Å². The van der Waals surface area contributed by atoms with E-state index in [1.54, 1.807) is 0 Å². The van der Waals surface area contributed by atoms with E-state index >= 15 is 0 Å². The van der Waals surface area contributed by atoms with Crippen molar-refractivity contribution in [3.63, 3.8) is 0 Å². The van der Waals surface area contributed by atoms with Crippen LogP contribution in [0.5, 0.6) is 0 Å². The van der Waals surface area contributed by atoms with E-state index in [4.69, 9.17) is 0 Å². The van der Waals surface area contributed by atoms with E-state index in [0.29, 0.717) is 6.04 Å². The molecule has 0 spiro atoms. The van der Waals surface area contributed by atoms with Gasteiger partial charge in [0.25, 0.3) is 0 Å². The summed E-state index contributed by atoms with van der Waals surface area (Å²) >= 11 is 0. The zero-order valence-electron chi connectivity index (χ0n) is 11.9. The maximum absolute atomic E-state index is 3.72. The van der Waals surface area contributed by atoms with Crippen LogP contribution in [-0.4, -0.2) is 6.54 Å². The third kappa shape index (κ3) is 3.58. The summed E-state index contributed by atoms with van der Waals surface area (Å²) in [4.78, 5) is 0. The molecule has 0 radical (unpaired) electrons. The molecule has 0 amide bonds. The van der Waals surface area contributed by atoms with Crippen molar-refractivity contribution in [3.05, 3.63) is 35.4 Å². The molecule has 2 rings (SSSR count). The fourth-order valence-electron chi connectivity index (χ4n) is 3.19. The van der Waals surface area contributed by atoms with Gasteiger partial charge < -0.3 is 5.32 Å². The standard InChI is InChI=1S/C17H27N/c1-3-18-17(15-8-6-4-5-7-9-15)16-12-10-14(2)11-13-16/h10-13,15,17-18H,3-9H2,1-2H3. The summed E-state index contributed by atoms with van der Waals surface area (Å²) in [7, 11) is 0. The van der Waals surface area contributed by atoms with Crippen LogP contribution in [-0.2, 0) is 0 Å². The fourth-order valence-corrected chi connectivity index (χ4v) is 3.19. The maximum Gasteiger partial charge on any atom is 0.0348 e. The van der Waals surface area contributed by atoms with Gasteiger partial charge in [0.2, 0.25) is 0 Å². The highest BCUT2D eigenvalue weighted by Gasteiger charge is 2.23. The number of aryl methyl sites for hydroxylation is 1. The summed E-state index contributed by atoms with van der Waals surface area (Å²) in [5.74, 6) is 0.829. The lowest BCUT2D eigenvalue weighted by molar-refractivity contribution is 0.330. The molecule has 0 aromatic heterocycles. The molecular formula is C17H27N. The van der Waals surface area contributed by atoms with Gasteiger partial charge >= 0.3 is 0 Å². The van der Waals surface area contributed by atoms with Gasteiger partial charge in [0.05, 0.1) is 0 Å². The maximum atomic E-state index is 3.72. The van der Waals surface area contributed by atoms with Crippen molar-refractivity contribution in [1.29, 1.82) is 0 Å². The monoisotopic (exact) mass is 245 g/mol. The van der Waals surface area contributed by atoms with Crippen molar-refractivity contribution in [2.45, 2.75) is 58.4 Å². The lowest BCUT2D eigenvalue weighted by atomic mass is 9.87.